The molecule has 94 valence electrons. The topological polar surface area (TPSA) is 15.3 Å². The highest BCUT2D eigenvalue weighted by molar-refractivity contribution is 5.22. The molecule has 1 N–H and O–H groups in total. The molecule has 0 heterocycles. The molecular weight excluding hydrogens is 208 g/mol. The minimum absolute atomic E-state index is 0.954. The quantitative estimate of drug-likeness (QED) is 0.693. The molecule has 17 heavy (non-hydrogen) atoms. The van der Waals surface area contributed by atoms with Gasteiger partial charge in [0.05, 0.1) is 0 Å². The predicted octanol–water partition coefficient (Wildman–Crippen LogP) is 2.80. The molecule has 0 aromatic heterocycles. The number of likely N-dealkylation sites (N-methyl/N-ethyl adjacent to an activating group) is 1. The molecule has 0 amide bonds. The number of hydrogen-bond donors (Lipinski definition) is 1. The molecule has 1 aromatic rings. The summed E-state index contributed by atoms with van der Waals surface area (Å²) in [5, 5.41) is 3.33. The zero-order valence-electron chi connectivity index (χ0n) is 11.1. The van der Waals surface area contributed by atoms with Crippen molar-refractivity contribution in [2.75, 3.05) is 19.6 Å². The van der Waals surface area contributed by atoms with Crippen molar-refractivity contribution in [3.05, 3.63) is 48.0 Å². The predicted molar refractivity (Wildman–Crippen MR) is 75.0 cm³/mol. The van der Waals surface area contributed by atoms with Gasteiger partial charge in [-0.25, -0.2) is 0 Å². The van der Waals surface area contributed by atoms with Gasteiger partial charge in [-0.1, -0.05) is 44.2 Å². The Bertz CT molecular complexity index is 316. The van der Waals surface area contributed by atoms with E-state index < -0.39 is 0 Å². The van der Waals surface area contributed by atoms with E-state index in [1.807, 2.05) is 6.08 Å². The molecule has 0 aliphatic heterocycles. The maximum absolute atomic E-state index is 3.79. The van der Waals surface area contributed by atoms with Crippen LogP contribution in [0.5, 0.6) is 0 Å². The summed E-state index contributed by atoms with van der Waals surface area (Å²) in [4.78, 5) is 2.37. The van der Waals surface area contributed by atoms with E-state index in [1.165, 1.54) is 11.1 Å². The molecule has 0 atom stereocenters. The average molecular weight is 232 g/mol. The van der Waals surface area contributed by atoms with Crippen molar-refractivity contribution in [3.8, 4) is 0 Å². The lowest BCUT2D eigenvalue weighted by molar-refractivity contribution is 0.311. The zero-order valence-corrected chi connectivity index (χ0v) is 11.1. The SMILES string of the molecule is C=CCN(CC)Cc1ccc(CNCC)cc1. The first-order valence-electron chi connectivity index (χ1n) is 6.41. The lowest BCUT2D eigenvalue weighted by Gasteiger charge is -2.18. The minimum Gasteiger partial charge on any atom is -0.313 e. The highest BCUT2D eigenvalue weighted by Crippen LogP contribution is 2.07. The highest BCUT2D eigenvalue weighted by Gasteiger charge is 2.01. The first-order chi connectivity index (χ1) is 8.30. The van der Waals surface area contributed by atoms with Crippen LogP contribution in [0.3, 0.4) is 0 Å². The maximum Gasteiger partial charge on any atom is 0.0236 e. The molecule has 2 heteroatoms. The zero-order chi connectivity index (χ0) is 12.5. The largest absolute Gasteiger partial charge is 0.313 e. The van der Waals surface area contributed by atoms with Crippen molar-refractivity contribution in [2.45, 2.75) is 26.9 Å². The number of rotatable bonds is 8. The number of hydrogen-bond acceptors (Lipinski definition) is 2. The summed E-state index contributed by atoms with van der Waals surface area (Å²) in [6.07, 6.45) is 1.96. The third-order valence-electron chi connectivity index (χ3n) is 2.84. The third-order valence-corrected chi connectivity index (χ3v) is 2.84. The van der Waals surface area contributed by atoms with Gasteiger partial charge in [-0.2, -0.15) is 0 Å². The Morgan fingerprint density at radius 2 is 1.82 bits per heavy atom. The van der Waals surface area contributed by atoms with Crippen LogP contribution in [-0.4, -0.2) is 24.5 Å². The standard InChI is InChI=1S/C15H24N2/c1-4-11-17(6-3)13-15-9-7-14(8-10-15)12-16-5-2/h4,7-10,16H,1,5-6,11-13H2,2-3H3. The summed E-state index contributed by atoms with van der Waals surface area (Å²) < 4.78 is 0. The second kappa shape index (κ2) is 8.04. The lowest BCUT2D eigenvalue weighted by atomic mass is 10.1. The summed E-state index contributed by atoms with van der Waals surface area (Å²) in [6.45, 7) is 13.1. The minimum atomic E-state index is 0.954. The summed E-state index contributed by atoms with van der Waals surface area (Å²) in [7, 11) is 0. The third kappa shape index (κ3) is 5.16. The van der Waals surface area contributed by atoms with Crippen molar-refractivity contribution in [1.29, 1.82) is 0 Å². The summed E-state index contributed by atoms with van der Waals surface area (Å²) >= 11 is 0. The van der Waals surface area contributed by atoms with E-state index in [2.05, 4.69) is 54.9 Å². The number of benzene rings is 1. The van der Waals surface area contributed by atoms with Crippen molar-refractivity contribution in [2.24, 2.45) is 0 Å². The molecule has 0 unspecified atom stereocenters. The van der Waals surface area contributed by atoms with E-state index >= 15 is 0 Å². The van der Waals surface area contributed by atoms with Crippen LogP contribution in [-0.2, 0) is 13.1 Å². The van der Waals surface area contributed by atoms with E-state index in [4.69, 9.17) is 0 Å². The average Bonchev–Trinajstić information content (AvgIpc) is 2.37. The van der Waals surface area contributed by atoms with Gasteiger partial charge in [0.2, 0.25) is 0 Å². The fourth-order valence-electron chi connectivity index (χ4n) is 1.78. The lowest BCUT2D eigenvalue weighted by Crippen LogP contribution is -2.22. The first-order valence-corrected chi connectivity index (χ1v) is 6.41. The fourth-order valence-corrected chi connectivity index (χ4v) is 1.78. The van der Waals surface area contributed by atoms with Crippen molar-refractivity contribution >= 4 is 0 Å². The Morgan fingerprint density at radius 3 is 2.35 bits per heavy atom. The molecule has 0 aliphatic rings. The Labute approximate surface area is 105 Å². The van der Waals surface area contributed by atoms with Crippen LogP contribution < -0.4 is 5.32 Å². The molecule has 1 rings (SSSR count). The van der Waals surface area contributed by atoms with Crippen molar-refractivity contribution in [3.63, 3.8) is 0 Å². The molecule has 0 saturated carbocycles. The molecular formula is C15H24N2. The van der Waals surface area contributed by atoms with Gasteiger partial charge in [0.15, 0.2) is 0 Å². The van der Waals surface area contributed by atoms with Gasteiger partial charge in [-0.15, -0.1) is 6.58 Å². The molecule has 0 bridgehead atoms. The van der Waals surface area contributed by atoms with Crippen LogP contribution in [0.15, 0.2) is 36.9 Å². The van der Waals surface area contributed by atoms with Crippen LogP contribution >= 0.6 is 0 Å². The summed E-state index contributed by atoms with van der Waals surface area (Å²) in [5.41, 5.74) is 2.72. The molecule has 0 spiro atoms. The van der Waals surface area contributed by atoms with Gasteiger partial charge >= 0.3 is 0 Å². The Balaban J connectivity index is 2.51. The number of nitrogens with one attached hydrogen (secondary N) is 1. The summed E-state index contributed by atoms with van der Waals surface area (Å²) in [5.74, 6) is 0. The van der Waals surface area contributed by atoms with Crippen LogP contribution in [0.2, 0.25) is 0 Å². The molecule has 0 radical (unpaired) electrons. The molecule has 0 aliphatic carbocycles. The van der Waals surface area contributed by atoms with Crippen LogP contribution in [0.1, 0.15) is 25.0 Å². The van der Waals surface area contributed by atoms with Crippen LogP contribution in [0.25, 0.3) is 0 Å². The van der Waals surface area contributed by atoms with Crippen molar-refractivity contribution < 1.29 is 0 Å². The normalized spacial score (nSPS) is 10.8. The van der Waals surface area contributed by atoms with Crippen LogP contribution in [0, 0.1) is 0 Å². The Morgan fingerprint density at radius 1 is 1.18 bits per heavy atom. The molecule has 0 fully saturated rings. The molecule has 0 saturated heterocycles. The van der Waals surface area contributed by atoms with Crippen molar-refractivity contribution in [1.82, 2.24) is 10.2 Å². The van der Waals surface area contributed by atoms with E-state index in [-0.39, 0.29) is 0 Å². The second-order valence-corrected chi connectivity index (χ2v) is 4.21. The Hall–Kier alpha value is -1.12. The first kappa shape index (κ1) is 13.9. The second-order valence-electron chi connectivity index (χ2n) is 4.21. The summed E-state index contributed by atoms with van der Waals surface area (Å²) in [6, 6.07) is 8.86. The number of nitrogens with zero attached hydrogens (tertiary/aromatic N) is 1. The smallest absolute Gasteiger partial charge is 0.0236 e. The fraction of sp³-hybridized carbons (Fsp3) is 0.467. The van der Waals surface area contributed by atoms with E-state index in [0.717, 1.165) is 32.7 Å². The van der Waals surface area contributed by atoms with Gasteiger partial charge in [-0.3, -0.25) is 4.90 Å². The van der Waals surface area contributed by atoms with E-state index in [9.17, 15) is 0 Å². The molecule has 2 nitrogen and oxygen atoms in total. The van der Waals surface area contributed by atoms with E-state index in [0.29, 0.717) is 0 Å². The van der Waals surface area contributed by atoms with Crippen LogP contribution in [0.4, 0.5) is 0 Å². The maximum atomic E-state index is 3.79. The van der Waals surface area contributed by atoms with Gasteiger partial charge in [-0.05, 0) is 24.2 Å². The van der Waals surface area contributed by atoms with Gasteiger partial charge in [0.1, 0.15) is 0 Å². The van der Waals surface area contributed by atoms with Gasteiger partial charge in [0, 0.05) is 19.6 Å². The van der Waals surface area contributed by atoms with Gasteiger partial charge in [0.25, 0.3) is 0 Å². The van der Waals surface area contributed by atoms with E-state index in [1.54, 1.807) is 0 Å². The molecule has 1 aromatic carbocycles. The Kier molecular flexibility index (Phi) is 6.60. The highest BCUT2D eigenvalue weighted by atomic mass is 15.1. The van der Waals surface area contributed by atoms with Gasteiger partial charge < -0.3 is 5.32 Å². The monoisotopic (exact) mass is 232 g/mol.